The molecule has 0 aliphatic carbocycles. The number of rotatable bonds is 5. The van der Waals surface area contributed by atoms with Crippen LogP contribution >= 0.6 is 9.24 Å². The van der Waals surface area contributed by atoms with Gasteiger partial charge in [0, 0.05) is 16.7 Å². The van der Waals surface area contributed by atoms with Gasteiger partial charge in [0.2, 0.25) is 0 Å². The normalized spacial score (nSPS) is 10.4. The summed E-state index contributed by atoms with van der Waals surface area (Å²) in [6.45, 7) is 6.39. The molecule has 3 aromatic rings. The van der Waals surface area contributed by atoms with E-state index in [2.05, 4.69) is 110 Å². The van der Waals surface area contributed by atoms with Crippen molar-refractivity contribution in [3.8, 4) is 0 Å². The minimum Gasteiger partial charge on any atom is -1.00 e. The van der Waals surface area contributed by atoms with Crippen molar-refractivity contribution in [3.05, 3.63) is 108 Å². The second-order valence-corrected chi connectivity index (χ2v) is 7.02. The maximum atomic E-state index is 3.11. The third-order valence-corrected chi connectivity index (χ3v) is 5.52. The molecule has 26 heavy (non-hydrogen) atoms. The van der Waals surface area contributed by atoms with Crippen LogP contribution < -0.4 is 17.7 Å². The first-order valence-electron chi connectivity index (χ1n) is 8.96. The largest absolute Gasteiger partial charge is 1.00 e. The molecule has 3 aromatic carbocycles. The van der Waals surface area contributed by atoms with Crippen molar-refractivity contribution >= 4 is 9.24 Å². The molecule has 1 atom stereocenters. The van der Waals surface area contributed by atoms with E-state index in [4.69, 9.17) is 0 Å². The molecule has 0 aliphatic heterocycles. The van der Waals surface area contributed by atoms with Crippen LogP contribution in [0, 0.1) is 0 Å². The number of halogens is 1. The Kier molecular flexibility index (Phi) is 10.2. The SMILES string of the molecule is CCNCC.[Cl-].[PH3+]C(c1ccccc1)(c1ccccc1)c1ccccc1. The molecule has 0 heterocycles. The topological polar surface area (TPSA) is 12.0 Å². The van der Waals surface area contributed by atoms with E-state index in [1.54, 1.807) is 0 Å². The minimum absolute atomic E-state index is 0. The lowest BCUT2D eigenvalue weighted by Crippen LogP contribution is -3.00. The zero-order valence-corrected chi connectivity index (χ0v) is 17.8. The van der Waals surface area contributed by atoms with Gasteiger partial charge in [-0.25, -0.2) is 0 Å². The van der Waals surface area contributed by atoms with Gasteiger partial charge in [-0.05, 0) is 22.3 Å². The number of nitrogens with one attached hydrogen (secondary N) is 1. The standard InChI is InChI=1S/C19H17P.C4H11N.ClH/c20-19(16-10-4-1-5-11-16,17-12-6-2-7-13-17)18-14-8-3-9-15-18;1-3-5-4-2;/h1-15H,20H2;5H,3-4H2,1-2H3;1H. The Balaban J connectivity index is 0.000000501. The van der Waals surface area contributed by atoms with Gasteiger partial charge in [0.25, 0.3) is 0 Å². The molecule has 1 unspecified atom stereocenters. The van der Waals surface area contributed by atoms with Gasteiger partial charge in [-0.2, -0.15) is 0 Å². The van der Waals surface area contributed by atoms with E-state index in [9.17, 15) is 0 Å². The molecule has 0 aromatic heterocycles. The van der Waals surface area contributed by atoms with Crippen molar-refractivity contribution < 1.29 is 12.4 Å². The van der Waals surface area contributed by atoms with Gasteiger partial charge in [0.1, 0.15) is 5.16 Å². The second-order valence-electron chi connectivity index (χ2n) is 5.96. The van der Waals surface area contributed by atoms with Crippen LogP contribution in [0.3, 0.4) is 0 Å². The molecule has 0 fully saturated rings. The average Bonchev–Trinajstić information content (AvgIpc) is 2.70. The summed E-state index contributed by atoms with van der Waals surface area (Å²) in [5, 5.41) is 3.02. The molecule has 3 rings (SSSR count). The molecular weight excluding hydrogens is 357 g/mol. The number of hydrogen-bond donors (Lipinski definition) is 1. The van der Waals surface area contributed by atoms with Gasteiger partial charge in [-0.1, -0.05) is 105 Å². The lowest BCUT2D eigenvalue weighted by Gasteiger charge is -2.26. The molecule has 138 valence electrons. The predicted octanol–water partition coefficient (Wildman–Crippen LogP) is 2.21. The molecule has 3 heteroatoms. The van der Waals surface area contributed by atoms with Crippen molar-refractivity contribution in [2.45, 2.75) is 19.0 Å². The Bertz CT molecular complexity index is 618. The van der Waals surface area contributed by atoms with Crippen LogP contribution in [0.2, 0.25) is 0 Å². The summed E-state index contributed by atoms with van der Waals surface area (Å²) in [6, 6.07) is 32.2. The summed E-state index contributed by atoms with van der Waals surface area (Å²) in [5.74, 6) is 0. The number of benzene rings is 3. The summed E-state index contributed by atoms with van der Waals surface area (Å²) in [5.41, 5.74) is 3.99. The fraction of sp³-hybridized carbons (Fsp3) is 0.217. The maximum absolute atomic E-state index is 3.11. The lowest BCUT2D eigenvalue weighted by molar-refractivity contribution is -0.00000506. The monoisotopic (exact) mass is 385 g/mol. The van der Waals surface area contributed by atoms with E-state index in [0.29, 0.717) is 0 Å². The molecular formula is C23H29ClNP. The van der Waals surface area contributed by atoms with Crippen molar-refractivity contribution in [1.82, 2.24) is 5.32 Å². The fourth-order valence-electron chi connectivity index (χ4n) is 2.92. The fourth-order valence-corrected chi connectivity index (χ4v) is 3.63. The highest BCUT2D eigenvalue weighted by Gasteiger charge is 2.35. The third kappa shape index (κ3) is 5.68. The zero-order valence-electron chi connectivity index (χ0n) is 15.7. The minimum atomic E-state index is -0.0935. The molecule has 0 saturated heterocycles. The Morgan fingerprint density at radius 2 is 0.885 bits per heavy atom. The van der Waals surface area contributed by atoms with Gasteiger partial charge in [-0.3, -0.25) is 0 Å². The van der Waals surface area contributed by atoms with Crippen LogP contribution in [0.1, 0.15) is 30.5 Å². The first-order chi connectivity index (χ1) is 12.2. The Morgan fingerprint density at radius 3 is 1.08 bits per heavy atom. The van der Waals surface area contributed by atoms with E-state index in [0.717, 1.165) is 13.1 Å². The highest BCUT2D eigenvalue weighted by atomic mass is 35.5. The van der Waals surface area contributed by atoms with E-state index >= 15 is 0 Å². The zero-order chi connectivity index (χ0) is 18.0. The highest BCUT2D eigenvalue weighted by Crippen LogP contribution is 2.44. The van der Waals surface area contributed by atoms with E-state index in [-0.39, 0.29) is 17.6 Å². The molecule has 0 bridgehead atoms. The molecule has 0 aliphatic rings. The van der Waals surface area contributed by atoms with Crippen molar-refractivity contribution in [1.29, 1.82) is 0 Å². The van der Waals surface area contributed by atoms with Gasteiger partial charge in [0.05, 0.1) is 0 Å². The summed E-state index contributed by atoms with van der Waals surface area (Å²) < 4.78 is 0. The van der Waals surface area contributed by atoms with Gasteiger partial charge in [0.15, 0.2) is 0 Å². The van der Waals surface area contributed by atoms with Crippen LogP contribution in [0.25, 0.3) is 0 Å². The van der Waals surface area contributed by atoms with E-state index in [1.165, 1.54) is 16.7 Å². The van der Waals surface area contributed by atoms with Crippen LogP contribution in [0.5, 0.6) is 0 Å². The molecule has 0 spiro atoms. The summed E-state index contributed by atoms with van der Waals surface area (Å²) >= 11 is 0. The molecule has 1 N–H and O–H groups in total. The summed E-state index contributed by atoms with van der Waals surface area (Å²) in [7, 11) is 2.05. The quantitative estimate of drug-likeness (QED) is 0.524. The Morgan fingerprint density at radius 1 is 0.615 bits per heavy atom. The molecule has 0 radical (unpaired) electrons. The first kappa shape index (κ1) is 22.4. The first-order valence-corrected chi connectivity index (χ1v) is 9.66. The summed E-state index contributed by atoms with van der Waals surface area (Å²) in [6.07, 6.45) is 0. The number of hydrogen-bond acceptors (Lipinski definition) is 1. The van der Waals surface area contributed by atoms with Crippen molar-refractivity contribution in [2.75, 3.05) is 13.1 Å². The lowest BCUT2D eigenvalue weighted by atomic mass is 9.84. The van der Waals surface area contributed by atoms with Gasteiger partial charge >= 0.3 is 0 Å². The maximum Gasteiger partial charge on any atom is 0.147 e. The van der Waals surface area contributed by atoms with Crippen LogP contribution in [0.4, 0.5) is 0 Å². The summed E-state index contributed by atoms with van der Waals surface area (Å²) in [4.78, 5) is 0. The van der Waals surface area contributed by atoms with Crippen molar-refractivity contribution in [2.24, 2.45) is 0 Å². The smallest absolute Gasteiger partial charge is 0.147 e. The Hall–Kier alpha value is -1.66. The van der Waals surface area contributed by atoms with E-state index < -0.39 is 0 Å². The van der Waals surface area contributed by atoms with Gasteiger partial charge in [-0.15, -0.1) is 0 Å². The average molecular weight is 386 g/mol. The van der Waals surface area contributed by atoms with Crippen LogP contribution in [-0.2, 0) is 5.16 Å². The molecule has 0 saturated carbocycles. The van der Waals surface area contributed by atoms with E-state index in [1.807, 2.05) is 9.24 Å². The van der Waals surface area contributed by atoms with Gasteiger partial charge < -0.3 is 17.7 Å². The van der Waals surface area contributed by atoms with Crippen molar-refractivity contribution in [3.63, 3.8) is 0 Å². The second kappa shape index (κ2) is 11.9. The predicted molar refractivity (Wildman–Crippen MR) is 115 cm³/mol. The molecule has 1 nitrogen and oxygen atoms in total. The Labute approximate surface area is 166 Å². The van der Waals surface area contributed by atoms with Crippen LogP contribution in [0.15, 0.2) is 91.0 Å². The highest BCUT2D eigenvalue weighted by molar-refractivity contribution is 7.19. The van der Waals surface area contributed by atoms with Crippen LogP contribution in [-0.4, -0.2) is 13.1 Å². The molecule has 0 amide bonds. The third-order valence-electron chi connectivity index (χ3n) is 4.30.